The highest BCUT2D eigenvalue weighted by Gasteiger charge is 2.24. The highest BCUT2D eigenvalue weighted by Crippen LogP contribution is 2.30. The Balaban J connectivity index is 2.01. The predicted octanol–water partition coefficient (Wildman–Crippen LogP) is 1.07. The Morgan fingerprint density at radius 3 is 2.85 bits per heavy atom. The van der Waals surface area contributed by atoms with E-state index in [4.69, 9.17) is 5.73 Å². The Bertz CT molecular complexity index is 577. The number of hydrogen-bond acceptors (Lipinski definition) is 6. The van der Waals surface area contributed by atoms with Gasteiger partial charge in [-0.05, 0) is 12.8 Å². The molecule has 1 aliphatic rings. The molecule has 0 radical (unpaired) electrons. The smallest absolute Gasteiger partial charge is 0.224 e. The zero-order valence-corrected chi connectivity index (χ0v) is 11.4. The first kappa shape index (κ1) is 13.1. The van der Waals surface area contributed by atoms with Crippen LogP contribution in [0.3, 0.4) is 0 Å². The van der Waals surface area contributed by atoms with Crippen molar-refractivity contribution in [3.63, 3.8) is 0 Å². The summed E-state index contributed by atoms with van der Waals surface area (Å²) in [6, 6.07) is 0.406. The van der Waals surface area contributed by atoms with Crippen LogP contribution in [0.2, 0.25) is 0 Å². The third-order valence-corrected chi connectivity index (χ3v) is 3.94. The molecular formula is C13H20N6O. The van der Waals surface area contributed by atoms with Crippen molar-refractivity contribution in [2.45, 2.75) is 38.1 Å². The number of nitrogens with two attached hydrogens (primary N) is 1. The molecule has 1 fully saturated rings. The molecule has 1 saturated carbocycles. The number of aliphatic hydroxyl groups is 1. The lowest BCUT2D eigenvalue weighted by Gasteiger charge is -2.35. The van der Waals surface area contributed by atoms with Gasteiger partial charge < -0.3 is 15.7 Å². The lowest BCUT2D eigenvalue weighted by Crippen LogP contribution is -2.39. The maximum atomic E-state index is 9.38. The lowest BCUT2D eigenvalue weighted by atomic mass is 9.94. The monoisotopic (exact) mass is 276 g/mol. The van der Waals surface area contributed by atoms with Crippen LogP contribution >= 0.6 is 0 Å². The van der Waals surface area contributed by atoms with Crippen LogP contribution in [0, 0.1) is 0 Å². The van der Waals surface area contributed by atoms with Crippen molar-refractivity contribution >= 4 is 22.8 Å². The number of aromatic nitrogens is 4. The summed E-state index contributed by atoms with van der Waals surface area (Å²) in [5.74, 6) is 1.01. The molecule has 4 N–H and O–H groups in total. The average molecular weight is 276 g/mol. The summed E-state index contributed by atoms with van der Waals surface area (Å²) >= 11 is 0. The zero-order chi connectivity index (χ0) is 13.9. The van der Waals surface area contributed by atoms with E-state index in [0.29, 0.717) is 18.2 Å². The molecule has 1 aliphatic carbocycles. The Labute approximate surface area is 117 Å². The summed E-state index contributed by atoms with van der Waals surface area (Å²) in [7, 11) is 0. The van der Waals surface area contributed by atoms with E-state index in [1.54, 1.807) is 6.20 Å². The van der Waals surface area contributed by atoms with Crippen LogP contribution in [0.5, 0.6) is 0 Å². The molecule has 0 amide bonds. The number of nitrogens with one attached hydrogen (secondary N) is 1. The minimum Gasteiger partial charge on any atom is -0.395 e. The standard InChI is InChI=1S/C13H20N6O/c14-13-16-11-10(8-15-18-11)12(17-13)19(6-7-20)9-4-2-1-3-5-9/h8-9,20H,1-7H2,(H3,14,15,16,17,18). The van der Waals surface area contributed by atoms with Gasteiger partial charge in [0.25, 0.3) is 0 Å². The molecule has 3 rings (SSSR count). The van der Waals surface area contributed by atoms with E-state index in [1.807, 2.05) is 0 Å². The number of aromatic amines is 1. The van der Waals surface area contributed by atoms with E-state index in [1.165, 1.54) is 19.3 Å². The fourth-order valence-electron chi connectivity index (χ4n) is 3.02. The summed E-state index contributed by atoms with van der Waals surface area (Å²) in [6.07, 6.45) is 7.71. The maximum absolute atomic E-state index is 9.38. The van der Waals surface area contributed by atoms with Crippen LogP contribution in [-0.2, 0) is 0 Å². The molecule has 0 bridgehead atoms. The van der Waals surface area contributed by atoms with E-state index in [9.17, 15) is 5.11 Å². The first-order valence-corrected chi connectivity index (χ1v) is 7.13. The molecule has 20 heavy (non-hydrogen) atoms. The molecule has 0 aliphatic heterocycles. The molecule has 2 heterocycles. The third-order valence-electron chi connectivity index (χ3n) is 3.94. The minimum atomic E-state index is 0.0970. The van der Waals surface area contributed by atoms with Crippen LogP contribution in [0.15, 0.2) is 6.20 Å². The number of aliphatic hydroxyl groups excluding tert-OH is 1. The molecule has 7 nitrogen and oxygen atoms in total. The Morgan fingerprint density at radius 2 is 2.10 bits per heavy atom. The Morgan fingerprint density at radius 1 is 1.30 bits per heavy atom. The highest BCUT2D eigenvalue weighted by atomic mass is 16.3. The van der Waals surface area contributed by atoms with Gasteiger partial charge in [-0.25, -0.2) is 0 Å². The van der Waals surface area contributed by atoms with Gasteiger partial charge >= 0.3 is 0 Å². The minimum absolute atomic E-state index is 0.0970. The third kappa shape index (κ3) is 2.40. The van der Waals surface area contributed by atoms with Gasteiger partial charge in [-0.3, -0.25) is 5.10 Å². The van der Waals surface area contributed by atoms with Crippen molar-refractivity contribution in [1.29, 1.82) is 0 Å². The van der Waals surface area contributed by atoms with Crippen molar-refractivity contribution < 1.29 is 5.11 Å². The molecule has 7 heteroatoms. The van der Waals surface area contributed by atoms with Gasteiger partial charge in [-0.2, -0.15) is 15.1 Å². The molecule has 0 unspecified atom stereocenters. The number of rotatable bonds is 4. The molecule has 108 valence electrons. The summed E-state index contributed by atoms with van der Waals surface area (Å²) < 4.78 is 0. The van der Waals surface area contributed by atoms with Crippen LogP contribution in [0.1, 0.15) is 32.1 Å². The van der Waals surface area contributed by atoms with Gasteiger partial charge in [-0.15, -0.1) is 0 Å². The fourth-order valence-corrected chi connectivity index (χ4v) is 3.02. The van der Waals surface area contributed by atoms with Crippen molar-refractivity contribution in [3.8, 4) is 0 Å². The van der Waals surface area contributed by atoms with Crippen molar-refractivity contribution in [3.05, 3.63) is 6.20 Å². The van der Waals surface area contributed by atoms with Crippen molar-refractivity contribution in [1.82, 2.24) is 20.2 Å². The average Bonchev–Trinajstić information content (AvgIpc) is 2.93. The molecule has 0 atom stereocenters. The van der Waals surface area contributed by atoms with Gasteiger partial charge in [-0.1, -0.05) is 19.3 Å². The van der Waals surface area contributed by atoms with Crippen LogP contribution in [0.4, 0.5) is 11.8 Å². The SMILES string of the molecule is Nc1nc(N(CCO)C2CCCCC2)c2cn[nH]c2n1. The highest BCUT2D eigenvalue weighted by molar-refractivity contribution is 5.87. The van der Waals surface area contributed by atoms with Gasteiger partial charge in [0.05, 0.1) is 18.2 Å². The van der Waals surface area contributed by atoms with Crippen LogP contribution < -0.4 is 10.6 Å². The normalized spacial score (nSPS) is 16.6. The number of H-pyrrole nitrogens is 1. The summed E-state index contributed by atoms with van der Waals surface area (Å²) in [5.41, 5.74) is 6.43. The number of nitrogens with zero attached hydrogens (tertiary/aromatic N) is 4. The summed E-state index contributed by atoms with van der Waals surface area (Å²) in [6.45, 7) is 0.654. The van der Waals surface area contributed by atoms with Gasteiger partial charge in [0, 0.05) is 12.6 Å². The van der Waals surface area contributed by atoms with E-state index < -0.39 is 0 Å². The number of anilines is 2. The van der Waals surface area contributed by atoms with E-state index >= 15 is 0 Å². The fraction of sp³-hybridized carbons (Fsp3) is 0.615. The summed E-state index contributed by atoms with van der Waals surface area (Å²) in [4.78, 5) is 10.7. The number of fused-ring (bicyclic) bond motifs is 1. The number of nitrogen functional groups attached to an aromatic ring is 1. The van der Waals surface area contributed by atoms with Crippen LogP contribution in [0.25, 0.3) is 11.0 Å². The molecule has 0 saturated heterocycles. The van der Waals surface area contributed by atoms with Gasteiger partial charge in [0.15, 0.2) is 5.65 Å². The maximum Gasteiger partial charge on any atom is 0.224 e. The molecular weight excluding hydrogens is 256 g/mol. The summed E-state index contributed by atoms with van der Waals surface area (Å²) in [5, 5.41) is 17.1. The largest absolute Gasteiger partial charge is 0.395 e. The number of hydrogen-bond donors (Lipinski definition) is 3. The second kappa shape index (κ2) is 5.62. The molecule has 2 aromatic heterocycles. The topological polar surface area (TPSA) is 104 Å². The van der Waals surface area contributed by atoms with Gasteiger partial charge in [0.2, 0.25) is 5.95 Å². The van der Waals surface area contributed by atoms with Crippen molar-refractivity contribution in [2.75, 3.05) is 23.8 Å². The second-order valence-corrected chi connectivity index (χ2v) is 5.25. The van der Waals surface area contributed by atoms with Gasteiger partial charge in [0.1, 0.15) is 5.82 Å². The predicted molar refractivity (Wildman–Crippen MR) is 77.4 cm³/mol. The van der Waals surface area contributed by atoms with E-state index in [0.717, 1.165) is 24.0 Å². The molecule has 2 aromatic rings. The quantitative estimate of drug-likeness (QED) is 0.771. The Kier molecular flexibility index (Phi) is 3.68. The zero-order valence-electron chi connectivity index (χ0n) is 11.4. The molecule has 0 aromatic carbocycles. The molecule has 0 spiro atoms. The van der Waals surface area contributed by atoms with E-state index in [-0.39, 0.29) is 12.6 Å². The Hall–Kier alpha value is -1.89. The lowest BCUT2D eigenvalue weighted by molar-refractivity contribution is 0.289. The van der Waals surface area contributed by atoms with Crippen LogP contribution in [-0.4, -0.2) is 44.5 Å². The first-order valence-electron chi connectivity index (χ1n) is 7.13. The second-order valence-electron chi connectivity index (χ2n) is 5.25. The van der Waals surface area contributed by atoms with Crippen molar-refractivity contribution in [2.24, 2.45) is 0 Å². The van der Waals surface area contributed by atoms with E-state index in [2.05, 4.69) is 25.1 Å². The first-order chi connectivity index (χ1) is 9.79.